The molecular formula is C19H20O2. The first-order chi connectivity index (χ1) is 10.3. The zero-order valence-corrected chi connectivity index (χ0v) is 12.6. The van der Waals surface area contributed by atoms with Crippen LogP contribution in [0.4, 0.5) is 0 Å². The van der Waals surface area contributed by atoms with Crippen molar-refractivity contribution in [2.45, 2.75) is 31.8 Å². The fraction of sp³-hybridized carbons (Fsp3) is 0.316. The molecular weight excluding hydrogens is 260 g/mol. The van der Waals surface area contributed by atoms with Gasteiger partial charge in [-0.3, -0.25) is 4.79 Å². The predicted octanol–water partition coefficient (Wildman–Crippen LogP) is 4.32. The normalized spacial score (nSPS) is 14.6. The Morgan fingerprint density at radius 1 is 1.00 bits per heavy atom. The van der Waals surface area contributed by atoms with Gasteiger partial charge in [0.15, 0.2) is 11.4 Å². The van der Waals surface area contributed by atoms with Gasteiger partial charge in [0.1, 0.15) is 0 Å². The van der Waals surface area contributed by atoms with E-state index in [1.807, 2.05) is 36.4 Å². The molecule has 1 aliphatic carbocycles. The highest BCUT2D eigenvalue weighted by atomic mass is 16.5. The molecule has 0 saturated heterocycles. The number of benzene rings is 2. The number of rotatable bonds is 5. The van der Waals surface area contributed by atoms with Crippen molar-refractivity contribution in [3.05, 3.63) is 59.7 Å². The van der Waals surface area contributed by atoms with Crippen molar-refractivity contribution in [2.24, 2.45) is 0 Å². The number of carbonyl (C=O) groups excluding carboxylic acids is 1. The summed E-state index contributed by atoms with van der Waals surface area (Å²) in [6.45, 7) is 2.10. The Balaban J connectivity index is 2.22. The molecule has 0 amide bonds. The number of ketones is 1. The third-order valence-corrected chi connectivity index (χ3v) is 4.36. The van der Waals surface area contributed by atoms with Crippen LogP contribution in [0.1, 0.15) is 37.3 Å². The zero-order valence-electron chi connectivity index (χ0n) is 12.6. The molecule has 2 aromatic carbocycles. The number of Topliss-reactive ketones (excluding diaryl/α,β-unsaturated/α-hetero) is 1. The Kier molecular flexibility index (Phi) is 3.64. The van der Waals surface area contributed by atoms with Crippen LogP contribution in [0.15, 0.2) is 48.5 Å². The van der Waals surface area contributed by atoms with Gasteiger partial charge in [0.2, 0.25) is 0 Å². The number of fused-ring (bicyclic) bond motifs is 3. The van der Waals surface area contributed by atoms with Crippen molar-refractivity contribution in [1.29, 1.82) is 0 Å². The molecule has 0 aliphatic heterocycles. The molecule has 0 heterocycles. The number of hydrogen-bond donors (Lipinski definition) is 0. The molecule has 1 aliphatic rings. The largest absolute Gasteiger partial charge is 0.361 e. The number of methoxy groups -OCH3 is 1. The van der Waals surface area contributed by atoms with Crippen LogP contribution in [-0.4, -0.2) is 12.9 Å². The molecule has 3 rings (SSSR count). The van der Waals surface area contributed by atoms with Crippen LogP contribution in [0.3, 0.4) is 0 Å². The zero-order chi connectivity index (χ0) is 14.9. The van der Waals surface area contributed by atoms with Crippen molar-refractivity contribution in [2.75, 3.05) is 7.11 Å². The van der Waals surface area contributed by atoms with Gasteiger partial charge in [-0.15, -0.1) is 0 Å². The molecule has 0 atom stereocenters. The standard InChI is InChI=1S/C19H20O2/c1-3-4-13-18(20)19(21-2)16-11-7-5-9-14(16)15-10-6-8-12-17(15)19/h5-12H,3-4,13H2,1-2H3. The molecule has 108 valence electrons. The number of ether oxygens (including phenoxy) is 1. The number of hydrogen-bond acceptors (Lipinski definition) is 2. The summed E-state index contributed by atoms with van der Waals surface area (Å²) < 4.78 is 5.86. The second-order valence-electron chi connectivity index (χ2n) is 5.50. The van der Waals surface area contributed by atoms with Gasteiger partial charge in [-0.1, -0.05) is 61.9 Å². The second-order valence-corrected chi connectivity index (χ2v) is 5.50. The summed E-state index contributed by atoms with van der Waals surface area (Å²) in [4.78, 5) is 13.0. The summed E-state index contributed by atoms with van der Waals surface area (Å²) in [7, 11) is 1.64. The molecule has 0 spiro atoms. The molecule has 0 unspecified atom stereocenters. The second kappa shape index (κ2) is 5.45. The van der Waals surface area contributed by atoms with Crippen LogP contribution in [0.2, 0.25) is 0 Å². The van der Waals surface area contributed by atoms with Crippen molar-refractivity contribution in [1.82, 2.24) is 0 Å². The van der Waals surface area contributed by atoms with Crippen molar-refractivity contribution in [3.8, 4) is 11.1 Å². The molecule has 0 saturated carbocycles. The first-order valence-electron chi connectivity index (χ1n) is 7.53. The van der Waals surface area contributed by atoms with Gasteiger partial charge in [0, 0.05) is 24.7 Å². The van der Waals surface area contributed by atoms with Gasteiger partial charge in [-0.25, -0.2) is 0 Å². The summed E-state index contributed by atoms with van der Waals surface area (Å²) in [5, 5.41) is 0. The van der Waals surface area contributed by atoms with Crippen LogP contribution in [0, 0.1) is 0 Å². The minimum absolute atomic E-state index is 0.157. The Hall–Kier alpha value is -1.93. The SMILES string of the molecule is CCCCC(=O)C1(OC)c2ccccc2-c2ccccc21. The summed E-state index contributed by atoms with van der Waals surface area (Å²) in [5.41, 5.74) is 3.26. The maximum atomic E-state index is 13.0. The quantitative estimate of drug-likeness (QED) is 0.815. The third kappa shape index (κ3) is 1.94. The van der Waals surface area contributed by atoms with E-state index < -0.39 is 5.60 Å². The van der Waals surface area contributed by atoms with Crippen molar-refractivity contribution < 1.29 is 9.53 Å². The molecule has 0 radical (unpaired) electrons. The average molecular weight is 280 g/mol. The van der Waals surface area contributed by atoms with Crippen LogP contribution in [-0.2, 0) is 15.1 Å². The van der Waals surface area contributed by atoms with Crippen molar-refractivity contribution in [3.63, 3.8) is 0 Å². The smallest absolute Gasteiger partial charge is 0.177 e. The maximum Gasteiger partial charge on any atom is 0.177 e. The van der Waals surface area contributed by atoms with E-state index in [-0.39, 0.29) is 5.78 Å². The Bertz CT molecular complexity index is 627. The highest BCUT2D eigenvalue weighted by molar-refractivity contribution is 6.00. The summed E-state index contributed by atoms with van der Waals surface area (Å²) in [6.07, 6.45) is 2.45. The van der Waals surface area contributed by atoms with E-state index >= 15 is 0 Å². The van der Waals surface area contributed by atoms with Gasteiger partial charge in [0.05, 0.1) is 0 Å². The molecule has 2 heteroatoms. The first kappa shape index (κ1) is 14.0. The predicted molar refractivity (Wildman–Crippen MR) is 84.2 cm³/mol. The lowest BCUT2D eigenvalue weighted by Crippen LogP contribution is -2.37. The number of carbonyl (C=O) groups is 1. The summed E-state index contributed by atoms with van der Waals surface area (Å²) >= 11 is 0. The number of unbranched alkanes of at least 4 members (excludes halogenated alkanes) is 1. The molecule has 2 nitrogen and oxygen atoms in total. The van der Waals surface area contributed by atoms with E-state index in [2.05, 4.69) is 19.1 Å². The highest BCUT2D eigenvalue weighted by Crippen LogP contribution is 2.50. The highest BCUT2D eigenvalue weighted by Gasteiger charge is 2.48. The molecule has 0 N–H and O–H groups in total. The van der Waals surface area contributed by atoms with E-state index in [0.29, 0.717) is 6.42 Å². The molecule has 0 bridgehead atoms. The fourth-order valence-electron chi connectivity index (χ4n) is 3.34. The van der Waals surface area contributed by atoms with Gasteiger partial charge >= 0.3 is 0 Å². The Labute approximate surface area is 125 Å². The topological polar surface area (TPSA) is 26.3 Å². The fourth-order valence-corrected chi connectivity index (χ4v) is 3.34. The van der Waals surface area contributed by atoms with E-state index in [1.54, 1.807) is 7.11 Å². The first-order valence-corrected chi connectivity index (χ1v) is 7.53. The van der Waals surface area contributed by atoms with Gasteiger partial charge in [-0.05, 0) is 17.5 Å². The molecule has 2 aromatic rings. The lowest BCUT2D eigenvalue weighted by atomic mass is 9.84. The van der Waals surface area contributed by atoms with Gasteiger partial charge in [0.25, 0.3) is 0 Å². The van der Waals surface area contributed by atoms with Gasteiger partial charge < -0.3 is 4.74 Å². The average Bonchev–Trinajstić information content (AvgIpc) is 2.84. The van der Waals surface area contributed by atoms with E-state index in [0.717, 1.165) is 35.1 Å². The van der Waals surface area contributed by atoms with Crippen LogP contribution >= 0.6 is 0 Å². The monoisotopic (exact) mass is 280 g/mol. The van der Waals surface area contributed by atoms with Gasteiger partial charge in [-0.2, -0.15) is 0 Å². The molecule has 0 fully saturated rings. The van der Waals surface area contributed by atoms with Crippen LogP contribution in [0.25, 0.3) is 11.1 Å². The minimum atomic E-state index is -0.928. The van der Waals surface area contributed by atoms with Crippen molar-refractivity contribution >= 4 is 5.78 Å². The Morgan fingerprint density at radius 3 is 2.00 bits per heavy atom. The molecule has 0 aromatic heterocycles. The summed E-state index contributed by atoms with van der Waals surface area (Å²) in [6, 6.07) is 16.2. The van der Waals surface area contributed by atoms with Crippen LogP contribution in [0.5, 0.6) is 0 Å². The minimum Gasteiger partial charge on any atom is -0.361 e. The lowest BCUT2D eigenvalue weighted by Gasteiger charge is -2.29. The van der Waals surface area contributed by atoms with E-state index in [1.165, 1.54) is 0 Å². The third-order valence-electron chi connectivity index (χ3n) is 4.36. The van der Waals surface area contributed by atoms with Crippen LogP contribution < -0.4 is 0 Å². The lowest BCUT2D eigenvalue weighted by molar-refractivity contribution is -0.137. The maximum absolute atomic E-state index is 13.0. The summed E-state index contributed by atoms with van der Waals surface area (Å²) in [5.74, 6) is 0.157. The van der Waals surface area contributed by atoms with E-state index in [9.17, 15) is 4.79 Å². The molecule has 21 heavy (non-hydrogen) atoms. The van der Waals surface area contributed by atoms with E-state index in [4.69, 9.17) is 4.74 Å². The Morgan fingerprint density at radius 2 is 1.52 bits per heavy atom.